The summed E-state index contributed by atoms with van der Waals surface area (Å²) < 4.78 is 19.4. The predicted molar refractivity (Wildman–Crippen MR) is 111 cm³/mol. The van der Waals surface area contributed by atoms with Crippen molar-refractivity contribution in [2.45, 2.75) is 6.61 Å². The van der Waals surface area contributed by atoms with Crippen molar-refractivity contribution in [2.75, 3.05) is 5.32 Å². The first-order chi connectivity index (χ1) is 14.1. The number of rotatable bonds is 6. The van der Waals surface area contributed by atoms with E-state index in [-0.39, 0.29) is 11.3 Å². The number of carbonyl (C=O) groups is 1. The summed E-state index contributed by atoms with van der Waals surface area (Å²) >= 11 is 6.11. The summed E-state index contributed by atoms with van der Waals surface area (Å²) in [7, 11) is 0. The minimum atomic E-state index is -0.684. The van der Waals surface area contributed by atoms with Gasteiger partial charge in [0.25, 0.3) is 5.91 Å². The standard InChI is InChI=1S/C23H16ClFN2O2/c24-20-6-2-1-5-17(20)15-29-19-11-9-16(10-12-19)13-18(14-26)23(28)27-22-8-4-3-7-21(22)25/h1-13H,15H2,(H,27,28)/b18-13+. The molecule has 0 bridgehead atoms. The van der Waals surface area contributed by atoms with Crippen LogP contribution in [0.15, 0.2) is 78.4 Å². The lowest BCUT2D eigenvalue weighted by Crippen LogP contribution is -2.14. The largest absolute Gasteiger partial charge is 0.489 e. The molecule has 3 aromatic carbocycles. The van der Waals surface area contributed by atoms with Crippen molar-refractivity contribution in [3.63, 3.8) is 0 Å². The number of hydrogen-bond donors (Lipinski definition) is 1. The Kier molecular flexibility index (Phi) is 6.62. The Bertz CT molecular complexity index is 1090. The number of para-hydroxylation sites is 1. The van der Waals surface area contributed by atoms with E-state index in [0.29, 0.717) is 22.9 Å². The van der Waals surface area contributed by atoms with Gasteiger partial charge in [0.2, 0.25) is 0 Å². The first kappa shape index (κ1) is 20.1. The zero-order valence-electron chi connectivity index (χ0n) is 15.2. The van der Waals surface area contributed by atoms with Gasteiger partial charge in [0.1, 0.15) is 29.8 Å². The third-order valence-corrected chi connectivity index (χ3v) is 4.40. The molecule has 0 saturated heterocycles. The van der Waals surface area contributed by atoms with Gasteiger partial charge in [-0.1, -0.05) is 54.1 Å². The second-order valence-electron chi connectivity index (χ2n) is 6.05. The van der Waals surface area contributed by atoms with Crippen molar-refractivity contribution in [3.8, 4) is 11.8 Å². The number of benzene rings is 3. The number of carbonyl (C=O) groups excluding carboxylic acids is 1. The van der Waals surface area contributed by atoms with E-state index >= 15 is 0 Å². The van der Waals surface area contributed by atoms with E-state index in [1.807, 2.05) is 24.3 Å². The normalized spacial score (nSPS) is 10.9. The minimum Gasteiger partial charge on any atom is -0.489 e. The van der Waals surface area contributed by atoms with Crippen LogP contribution < -0.4 is 10.1 Å². The third-order valence-electron chi connectivity index (χ3n) is 4.03. The predicted octanol–water partition coefficient (Wildman–Crippen LogP) is 5.60. The van der Waals surface area contributed by atoms with Gasteiger partial charge in [-0.15, -0.1) is 0 Å². The van der Waals surface area contributed by atoms with Crippen LogP contribution in [0, 0.1) is 17.1 Å². The van der Waals surface area contributed by atoms with Crippen LogP contribution in [0.4, 0.5) is 10.1 Å². The van der Waals surface area contributed by atoms with Crippen LogP contribution in [0.5, 0.6) is 5.75 Å². The van der Waals surface area contributed by atoms with Gasteiger partial charge < -0.3 is 10.1 Å². The Labute approximate surface area is 172 Å². The van der Waals surface area contributed by atoms with Gasteiger partial charge in [-0.2, -0.15) is 5.26 Å². The molecule has 6 heteroatoms. The van der Waals surface area contributed by atoms with Crippen molar-refractivity contribution in [2.24, 2.45) is 0 Å². The Morgan fingerprint density at radius 1 is 1.07 bits per heavy atom. The molecule has 4 nitrogen and oxygen atoms in total. The molecule has 3 rings (SSSR count). The molecule has 0 saturated carbocycles. The number of nitrogens with zero attached hydrogens (tertiary/aromatic N) is 1. The highest BCUT2D eigenvalue weighted by Gasteiger charge is 2.11. The number of amides is 1. The highest BCUT2D eigenvalue weighted by atomic mass is 35.5. The van der Waals surface area contributed by atoms with E-state index in [0.717, 1.165) is 5.56 Å². The molecule has 1 N–H and O–H groups in total. The van der Waals surface area contributed by atoms with Crippen molar-refractivity contribution >= 4 is 29.3 Å². The lowest BCUT2D eigenvalue weighted by Gasteiger charge is -2.08. The Hall–Kier alpha value is -3.62. The molecule has 1 amide bonds. The second-order valence-corrected chi connectivity index (χ2v) is 6.46. The van der Waals surface area contributed by atoms with Crippen LogP contribution in [0.25, 0.3) is 6.08 Å². The molecule has 0 aliphatic heterocycles. The lowest BCUT2D eigenvalue weighted by molar-refractivity contribution is -0.112. The van der Waals surface area contributed by atoms with Gasteiger partial charge in [-0.05, 0) is 42.0 Å². The van der Waals surface area contributed by atoms with Gasteiger partial charge in [0.15, 0.2) is 0 Å². The number of halogens is 2. The molecule has 0 atom stereocenters. The average molecular weight is 407 g/mol. The van der Waals surface area contributed by atoms with Crippen LogP contribution in [0.2, 0.25) is 5.02 Å². The molecule has 0 aromatic heterocycles. The Morgan fingerprint density at radius 2 is 1.76 bits per heavy atom. The number of nitriles is 1. The highest BCUT2D eigenvalue weighted by molar-refractivity contribution is 6.31. The summed E-state index contributed by atoms with van der Waals surface area (Å²) in [5.41, 5.74) is 1.38. The summed E-state index contributed by atoms with van der Waals surface area (Å²) in [6, 6.07) is 21.9. The Balaban J connectivity index is 1.67. The van der Waals surface area contributed by atoms with E-state index in [9.17, 15) is 14.4 Å². The van der Waals surface area contributed by atoms with Crippen LogP contribution in [-0.4, -0.2) is 5.91 Å². The number of ether oxygens (including phenoxy) is 1. The van der Waals surface area contributed by atoms with E-state index in [4.69, 9.17) is 16.3 Å². The zero-order valence-corrected chi connectivity index (χ0v) is 16.0. The fraction of sp³-hybridized carbons (Fsp3) is 0.0435. The van der Waals surface area contributed by atoms with Gasteiger partial charge in [0.05, 0.1) is 5.69 Å². The van der Waals surface area contributed by atoms with Gasteiger partial charge in [-0.3, -0.25) is 4.79 Å². The number of anilines is 1. The summed E-state index contributed by atoms with van der Waals surface area (Å²) in [6.07, 6.45) is 1.42. The first-order valence-corrected chi connectivity index (χ1v) is 9.08. The van der Waals surface area contributed by atoms with E-state index in [1.165, 1.54) is 24.3 Å². The quantitative estimate of drug-likeness (QED) is 0.428. The third kappa shape index (κ3) is 5.44. The van der Waals surface area contributed by atoms with Crippen molar-refractivity contribution in [1.82, 2.24) is 0 Å². The number of hydrogen-bond acceptors (Lipinski definition) is 3. The van der Waals surface area contributed by atoms with Crippen LogP contribution in [0.3, 0.4) is 0 Å². The molecular formula is C23H16ClFN2O2. The number of nitrogens with one attached hydrogen (secondary N) is 1. The maximum atomic E-state index is 13.7. The highest BCUT2D eigenvalue weighted by Crippen LogP contribution is 2.20. The molecule has 0 aliphatic rings. The van der Waals surface area contributed by atoms with E-state index < -0.39 is 11.7 Å². The molecule has 0 aliphatic carbocycles. The van der Waals surface area contributed by atoms with Gasteiger partial charge in [-0.25, -0.2) is 4.39 Å². The van der Waals surface area contributed by atoms with Crippen molar-refractivity contribution < 1.29 is 13.9 Å². The maximum Gasteiger partial charge on any atom is 0.266 e. The van der Waals surface area contributed by atoms with Crippen molar-refractivity contribution in [3.05, 3.63) is 100 Å². The fourth-order valence-corrected chi connectivity index (χ4v) is 2.69. The lowest BCUT2D eigenvalue weighted by atomic mass is 10.1. The van der Waals surface area contributed by atoms with E-state index in [1.54, 1.807) is 36.4 Å². The topological polar surface area (TPSA) is 62.1 Å². The van der Waals surface area contributed by atoms with Crippen LogP contribution in [-0.2, 0) is 11.4 Å². The molecule has 3 aromatic rings. The molecule has 0 unspecified atom stereocenters. The molecular weight excluding hydrogens is 391 g/mol. The Morgan fingerprint density at radius 3 is 2.45 bits per heavy atom. The summed E-state index contributed by atoms with van der Waals surface area (Å²) in [5.74, 6) is -0.633. The monoisotopic (exact) mass is 406 g/mol. The summed E-state index contributed by atoms with van der Waals surface area (Å²) in [6.45, 7) is 0.323. The van der Waals surface area contributed by atoms with Crippen LogP contribution in [0.1, 0.15) is 11.1 Å². The zero-order chi connectivity index (χ0) is 20.6. The summed E-state index contributed by atoms with van der Waals surface area (Å²) in [5, 5.41) is 12.3. The van der Waals surface area contributed by atoms with Crippen molar-refractivity contribution in [1.29, 1.82) is 5.26 Å². The fourth-order valence-electron chi connectivity index (χ4n) is 2.50. The van der Waals surface area contributed by atoms with Crippen LogP contribution >= 0.6 is 11.6 Å². The molecule has 0 spiro atoms. The molecule has 0 fully saturated rings. The molecule has 29 heavy (non-hydrogen) atoms. The molecule has 0 radical (unpaired) electrons. The molecule has 0 heterocycles. The minimum absolute atomic E-state index is 0.0157. The SMILES string of the molecule is N#C/C(=C\c1ccc(OCc2ccccc2Cl)cc1)C(=O)Nc1ccccc1F. The maximum absolute atomic E-state index is 13.7. The smallest absolute Gasteiger partial charge is 0.266 e. The summed E-state index contributed by atoms with van der Waals surface area (Å²) in [4.78, 5) is 12.3. The van der Waals surface area contributed by atoms with Gasteiger partial charge >= 0.3 is 0 Å². The average Bonchev–Trinajstić information content (AvgIpc) is 2.74. The second kappa shape index (κ2) is 9.54. The molecule has 144 valence electrons. The van der Waals surface area contributed by atoms with Gasteiger partial charge in [0, 0.05) is 10.6 Å². The first-order valence-electron chi connectivity index (χ1n) is 8.71. The van der Waals surface area contributed by atoms with E-state index in [2.05, 4.69) is 5.32 Å².